The smallest absolute Gasteiger partial charge is 0.0725 e. The van der Waals surface area contributed by atoms with Gasteiger partial charge in [-0.1, -0.05) is 13.8 Å². The fraction of sp³-hybridized carbons (Fsp3) is 0.750. The number of hydrogen-bond donors (Lipinski definition) is 1. The van der Waals surface area contributed by atoms with Crippen molar-refractivity contribution in [2.75, 3.05) is 6.61 Å². The average molecular weight is 264 g/mol. The molecule has 2 N–H and O–H groups in total. The molecule has 1 aliphatic carbocycles. The Morgan fingerprint density at radius 3 is 2.84 bits per heavy atom. The van der Waals surface area contributed by atoms with Gasteiger partial charge in [0.1, 0.15) is 0 Å². The number of rotatable bonds is 4. The molecule has 0 radical (unpaired) electrons. The SMILES string of the molecule is CCOC(C)Cn1c(C)cc2c1CC(C)(C)CC2N. The second-order valence-electron chi connectivity index (χ2n) is 6.72. The lowest BCUT2D eigenvalue weighted by atomic mass is 9.74. The molecule has 19 heavy (non-hydrogen) atoms. The maximum Gasteiger partial charge on any atom is 0.0725 e. The third-order valence-electron chi connectivity index (χ3n) is 4.16. The van der Waals surface area contributed by atoms with Crippen molar-refractivity contribution in [3.8, 4) is 0 Å². The lowest BCUT2D eigenvalue weighted by Gasteiger charge is -2.35. The van der Waals surface area contributed by atoms with E-state index in [-0.39, 0.29) is 12.1 Å². The van der Waals surface area contributed by atoms with Crippen LogP contribution in [0.2, 0.25) is 0 Å². The summed E-state index contributed by atoms with van der Waals surface area (Å²) in [5.41, 5.74) is 10.7. The predicted molar refractivity (Wildman–Crippen MR) is 79.3 cm³/mol. The van der Waals surface area contributed by atoms with Gasteiger partial charge in [-0.05, 0) is 50.7 Å². The van der Waals surface area contributed by atoms with Gasteiger partial charge in [0.25, 0.3) is 0 Å². The number of fused-ring (bicyclic) bond motifs is 1. The van der Waals surface area contributed by atoms with Gasteiger partial charge in [-0.25, -0.2) is 0 Å². The first-order valence-electron chi connectivity index (χ1n) is 7.40. The number of nitrogens with two attached hydrogens (primary N) is 1. The number of hydrogen-bond acceptors (Lipinski definition) is 2. The lowest BCUT2D eigenvalue weighted by Crippen LogP contribution is -2.31. The molecule has 0 aliphatic heterocycles. The van der Waals surface area contributed by atoms with Crippen LogP contribution >= 0.6 is 0 Å². The molecular weight excluding hydrogens is 236 g/mol. The summed E-state index contributed by atoms with van der Waals surface area (Å²) in [7, 11) is 0. The highest BCUT2D eigenvalue weighted by atomic mass is 16.5. The van der Waals surface area contributed by atoms with Gasteiger partial charge in [-0.15, -0.1) is 0 Å². The molecule has 1 aromatic heterocycles. The number of aromatic nitrogens is 1. The van der Waals surface area contributed by atoms with Crippen molar-refractivity contribution in [2.24, 2.45) is 11.1 Å². The van der Waals surface area contributed by atoms with Crippen molar-refractivity contribution in [3.05, 3.63) is 23.0 Å². The molecule has 2 rings (SSSR count). The van der Waals surface area contributed by atoms with Crippen LogP contribution in [-0.2, 0) is 17.7 Å². The molecule has 3 heteroatoms. The summed E-state index contributed by atoms with van der Waals surface area (Å²) in [5, 5.41) is 0. The van der Waals surface area contributed by atoms with Gasteiger partial charge in [0.2, 0.25) is 0 Å². The van der Waals surface area contributed by atoms with Crippen LogP contribution in [0, 0.1) is 12.3 Å². The summed E-state index contributed by atoms with van der Waals surface area (Å²) in [6.45, 7) is 12.7. The minimum Gasteiger partial charge on any atom is -0.377 e. The number of aryl methyl sites for hydroxylation is 1. The molecule has 0 bridgehead atoms. The molecule has 0 saturated heterocycles. The summed E-state index contributed by atoms with van der Waals surface area (Å²) in [4.78, 5) is 0. The average Bonchev–Trinajstić information content (AvgIpc) is 2.56. The summed E-state index contributed by atoms with van der Waals surface area (Å²) in [6.07, 6.45) is 2.44. The van der Waals surface area contributed by atoms with Crippen LogP contribution in [0.25, 0.3) is 0 Å². The molecule has 0 amide bonds. The Bertz CT molecular complexity index is 448. The number of nitrogens with zero attached hydrogens (tertiary/aromatic N) is 1. The first-order chi connectivity index (χ1) is 8.84. The molecule has 0 fully saturated rings. The molecule has 108 valence electrons. The van der Waals surface area contributed by atoms with Crippen LogP contribution in [0.3, 0.4) is 0 Å². The van der Waals surface area contributed by atoms with Crippen LogP contribution in [0.4, 0.5) is 0 Å². The van der Waals surface area contributed by atoms with E-state index < -0.39 is 0 Å². The minimum atomic E-state index is 0.182. The monoisotopic (exact) mass is 264 g/mol. The Kier molecular flexibility index (Phi) is 4.07. The van der Waals surface area contributed by atoms with Gasteiger partial charge in [0.15, 0.2) is 0 Å². The van der Waals surface area contributed by atoms with E-state index in [1.165, 1.54) is 17.0 Å². The Balaban J connectivity index is 2.31. The standard InChI is InChI=1S/C16H28N2O/c1-6-19-12(3)10-18-11(2)7-13-14(17)8-16(4,5)9-15(13)18/h7,12,14H,6,8-10,17H2,1-5H3. The molecule has 0 aromatic carbocycles. The molecule has 2 unspecified atom stereocenters. The zero-order valence-corrected chi connectivity index (χ0v) is 13.0. The molecule has 1 heterocycles. The zero-order chi connectivity index (χ0) is 14.2. The second kappa shape index (κ2) is 5.29. The van der Waals surface area contributed by atoms with Crippen LogP contribution in [0.1, 0.15) is 57.1 Å². The van der Waals surface area contributed by atoms with Gasteiger partial charge < -0.3 is 15.0 Å². The fourth-order valence-corrected chi connectivity index (χ4v) is 3.35. The van der Waals surface area contributed by atoms with Crippen LogP contribution in [-0.4, -0.2) is 17.3 Å². The predicted octanol–water partition coefficient (Wildman–Crippen LogP) is 3.19. The van der Waals surface area contributed by atoms with E-state index in [9.17, 15) is 0 Å². The summed E-state index contributed by atoms with van der Waals surface area (Å²) >= 11 is 0. The lowest BCUT2D eigenvalue weighted by molar-refractivity contribution is 0.0625. The zero-order valence-electron chi connectivity index (χ0n) is 13.0. The Morgan fingerprint density at radius 2 is 2.21 bits per heavy atom. The van der Waals surface area contributed by atoms with Crippen molar-refractivity contribution in [2.45, 2.75) is 66.2 Å². The van der Waals surface area contributed by atoms with E-state index >= 15 is 0 Å². The van der Waals surface area contributed by atoms with E-state index in [0.717, 1.165) is 26.0 Å². The van der Waals surface area contributed by atoms with Crippen molar-refractivity contribution < 1.29 is 4.74 Å². The molecule has 1 aliphatic rings. The van der Waals surface area contributed by atoms with Gasteiger partial charge in [0.05, 0.1) is 6.10 Å². The topological polar surface area (TPSA) is 40.2 Å². The second-order valence-corrected chi connectivity index (χ2v) is 6.72. The maximum atomic E-state index is 6.35. The quantitative estimate of drug-likeness (QED) is 0.907. The van der Waals surface area contributed by atoms with Crippen LogP contribution in [0.5, 0.6) is 0 Å². The minimum absolute atomic E-state index is 0.182. The number of ether oxygens (including phenoxy) is 1. The summed E-state index contributed by atoms with van der Waals surface area (Å²) in [6, 6.07) is 2.45. The van der Waals surface area contributed by atoms with Crippen LogP contribution in [0.15, 0.2) is 6.07 Å². The first-order valence-corrected chi connectivity index (χ1v) is 7.40. The molecular formula is C16H28N2O. The summed E-state index contributed by atoms with van der Waals surface area (Å²) in [5.74, 6) is 0. The third kappa shape index (κ3) is 3.03. The van der Waals surface area contributed by atoms with Crippen molar-refractivity contribution in [1.29, 1.82) is 0 Å². The molecule has 0 saturated carbocycles. The molecule has 2 atom stereocenters. The van der Waals surface area contributed by atoms with Gasteiger partial charge in [-0.2, -0.15) is 0 Å². The van der Waals surface area contributed by atoms with Crippen LogP contribution < -0.4 is 5.73 Å². The summed E-state index contributed by atoms with van der Waals surface area (Å²) < 4.78 is 8.10. The molecule has 3 nitrogen and oxygen atoms in total. The Hall–Kier alpha value is -0.800. The third-order valence-corrected chi connectivity index (χ3v) is 4.16. The van der Waals surface area contributed by atoms with Gasteiger partial charge >= 0.3 is 0 Å². The van der Waals surface area contributed by atoms with E-state index in [1.54, 1.807) is 0 Å². The first kappa shape index (κ1) is 14.6. The highest BCUT2D eigenvalue weighted by Crippen LogP contribution is 2.40. The highest BCUT2D eigenvalue weighted by molar-refractivity contribution is 5.34. The fourth-order valence-electron chi connectivity index (χ4n) is 3.35. The molecule has 1 aromatic rings. The van der Waals surface area contributed by atoms with E-state index in [1.807, 2.05) is 6.92 Å². The normalized spacial score (nSPS) is 23.2. The largest absolute Gasteiger partial charge is 0.377 e. The van der Waals surface area contributed by atoms with Gasteiger partial charge in [-0.3, -0.25) is 0 Å². The van der Waals surface area contributed by atoms with Gasteiger partial charge in [0, 0.05) is 30.6 Å². The van der Waals surface area contributed by atoms with Crippen molar-refractivity contribution >= 4 is 0 Å². The van der Waals surface area contributed by atoms with E-state index in [0.29, 0.717) is 5.41 Å². The van der Waals surface area contributed by atoms with E-state index in [4.69, 9.17) is 10.5 Å². The van der Waals surface area contributed by atoms with Crippen molar-refractivity contribution in [3.63, 3.8) is 0 Å². The maximum absolute atomic E-state index is 6.35. The van der Waals surface area contributed by atoms with Crippen molar-refractivity contribution in [1.82, 2.24) is 4.57 Å². The Labute approximate surface area is 117 Å². The Morgan fingerprint density at radius 1 is 1.53 bits per heavy atom. The highest BCUT2D eigenvalue weighted by Gasteiger charge is 2.33. The van der Waals surface area contributed by atoms with E-state index in [2.05, 4.69) is 38.3 Å². The molecule has 0 spiro atoms.